The molecule has 0 saturated carbocycles. The molecule has 3 atom stereocenters. The number of rotatable bonds is 4. The Bertz CT molecular complexity index is 218. The Labute approximate surface area is 90.9 Å². The van der Waals surface area contributed by atoms with E-state index in [4.69, 9.17) is 5.11 Å². The fraction of sp³-hybridized carbons (Fsp3) is 0.909. The van der Waals surface area contributed by atoms with E-state index in [1.165, 1.54) is 0 Å². The Hall–Kier alpha value is -0.610. The molecule has 0 aromatic rings. The Kier molecular flexibility index (Phi) is 4.54. The van der Waals surface area contributed by atoms with E-state index in [2.05, 4.69) is 0 Å². The second-order valence-electron chi connectivity index (χ2n) is 4.30. The van der Waals surface area contributed by atoms with Gasteiger partial charge < -0.3 is 10.2 Å². The van der Waals surface area contributed by atoms with Gasteiger partial charge >= 0.3 is 5.97 Å². The van der Waals surface area contributed by atoms with Crippen molar-refractivity contribution in [1.82, 2.24) is 4.90 Å². The van der Waals surface area contributed by atoms with E-state index in [0.29, 0.717) is 6.42 Å². The second-order valence-corrected chi connectivity index (χ2v) is 4.30. The van der Waals surface area contributed by atoms with Crippen LogP contribution in [0.2, 0.25) is 0 Å². The minimum Gasteiger partial charge on any atom is -0.480 e. The lowest BCUT2D eigenvalue weighted by molar-refractivity contribution is -0.146. The molecule has 2 N–H and O–H groups in total. The van der Waals surface area contributed by atoms with Crippen molar-refractivity contribution < 1.29 is 15.0 Å². The molecule has 0 aliphatic carbocycles. The first-order valence-electron chi connectivity index (χ1n) is 5.74. The monoisotopic (exact) mass is 215 g/mol. The molecular weight excluding hydrogens is 194 g/mol. The first kappa shape index (κ1) is 12.5. The minimum atomic E-state index is -0.773. The third-order valence-corrected chi connectivity index (χ3v) is 3.22. The number of likely N-dealkylation sites (tertiary alicyclic amines) is 1. The van der Waals surface area contributed by atoms with Crippen LogP contribution in [-0.2, 0) is 4.79 Å². The molecule has 0 radical (unpaired) electrons. The van der Waals surface area contributed by atoms with E-state index in [1.54, 1.807) is 6.92 Å². The second kappa shape index (κ2) is 5.47. The maximum absolute atomic E-state index is 11.1. The van der Waals surface area contributed by atoms with Crippen molar-refractivity contribution in [3.8, 4) is 0 Å². The third-order valence-electron chi connectivity index (χ3n) is 3.22. The van der Waals surface area contributed by atoms with E-state index in [-0.39, 0.29) is 6.04 Å². The SMILES string of the molecule is CC[C@H](C(=O)O)N1CCCC[C@@H]1[C@@H](C)O. The number of aliphatic carboxylic acids is 1. The fourth-order valence-electron chi connectivity index (χ4n) is 2.44. The van der Waals surface area contributed by atoms with Gasteiger partial charge in [-0.15, -0.1) is 0 Å². The average molecular weight is 215 g/mol. The number of carbonyl (C=O) groups is 1. The van der Waals surface area contributed by atoms with Crippen LogP contribution in [0.25, 0.3) is 0 Å². The predicted octanol–water partition coefficient (Wildman–Crippen LogP) is 1.08. The lowest BCUT2D eigenvalue weighted by Gasteiger charge is -2.40. The zero-order chi connectivity index (χ0) is 11.4. The molecule has 15 heavy (non-hydrogen) atoms. The average Bonchev–Trinajstić information content (AvgIpc) is 2.18. The molecule has 4 heteroatoms. The topological polar surface area (TPSA) is 60.8 Å². The molecule has 0 bridgehead atoms. The molecular formula is C11H21NO3. The lowest BCUT2D eigenvalue weighted by Crippen LogP contribution is -2.53. The highest BCUT2D eigenvalue weighted by atomic mass is 16.4. The van der Waals surface area contributed by atoms with Crippen molar-refractivity contribution in [3.63, 3.8) is 0 Å². The number of carboxylic acids is 1. The van der Waals surface area contributed by atoms with Crippen molar-refractivity contribution in [2.75, 3.05) is 6.54 Å². The van der Waals surface area contributed by atoms with Crippen LogP contribution in [0, 0.1) is 0 Å². The Morgan fingerprint density at radius 1 is 1.53 bits per heavy atom. The standard InChI is InChI=1S/C11H21NO3/c1-3-9(11(14)15)12-7-5-4-6-10(12)8(2)13/h8-10,13H,3-7H2,1-2H3,(H,14,15)/t8-,9-,10-/m1/s1. The van der Waals surface area contributed by atoms with Crippen molar-refractivity contribution in [2.24, 2.45) is 0 Å². The Morgan fingerprint density at radius 3 is 2.67 bits per heavy atom. The number of carboxylic acid groups (broad SMARTS) is 1. The van der Waals surface area contributed by atoms with Crippen LogP contribution in [-0.4, -0.2) is 45.8 Å². The quantitative estimate of drug-likeness (QED) is 0.737. The number of nitrogens with zero attached hydrogens (tertiary/aromatic N) is 1. The fourth-order valence-corrected chi connectivity index (χ4v) is 2.44. The highest BCUT2D eigenvalue weighted by molar-refractivity contribution is 5.73. The number of hydrogen-bond acceptors (Lipinski definition) is 3. The summed E-state index contributed by atoms with van der Waals surface area (Å²) in [4.78, 5) is 13.0. The first-order valence-corrected chi connectivity index (χ1v) is 5.74. The van der Waals surface area contributed by atoms with Crippen LogP contribution < -0.4 is 0 Å². The maximum atomic E-state index is 11.1. The summed E-state index contributed by atoms with van der Waals surface area (Å²) < 4.78 is 0. The van der Waals surface area contributed by atoms with E-state index in [1.807, 2.05) is 11.8 Å². The van der Waals surface area contributed by atoms with Crippen LogP contribution in [0.1, 0.15) is 39.5 Å². The highest BCUT2D eigenvalue weighted by Crippen LogP contribution is 2.23. The summed E-state index contributed by atoms with van der Waals surface area (Å²) in [7, 11) is 0. The summed E-state index contributed by atoms with van der Waals surface area (Å²) in [5.41, 5.74) is 0. The molecule has 1 aliphatic rings. The molecule has 0 spiro atoms. The third kappa shape index (κ3) is 2.92. The van der Waals surface area contributed by atoms with Crippen LogP contribution in [0.3, 0.4) is 0 Å². The van der Waals surface area contributed by atoms with Crippen LogP contribution >= 0.6 is 0 Å². The summed E-state index contributed by atoms with van der Waals surface area (Å²) in [6, 6.07) is -0.426. The summed E-state index contributed by atoms with van der Waals surface area (Å²) >= 11 is 0. The molecule has 4 nitrogen and oxygen atoms in total. The summed E-state index contributed by atoms with van der Waals surface area (Å²) in [5, 5.41) is 18.7. The molecule has 1 aliphatic heterocycles. The molecule has 0 aromatic carbocycles. The van der Waals surface area contributed by atoms with Crippen LogP contribution in [0.5, 0.6) is 0 Å². The van der Waals surface area contributed by atoms with E-state index in [0.717, 1.165) is 25.8 Å². The van der Waals surface area contributed by atoms with Gasteiger partial charge in [0.2, 0.25) is 0 Å². The van der Waals surface area contributed by atoms with Gasteiger partial charge in [-0.25, -0.2) is 0 Å². The summed E-state index contributed by atoms with van der Waals surface area (Å²) in [5.74, 6) is -0.773. The van der Waals surface area contributed by atoms with Gasteiger partial charge in [-0.2, -0.15) is 0 Å². The Morgan fingerprint density at radius 2 is 2.20 bits per heavy atom. The largest absolute Gasteiger partial charge is 0.480 e. The summed E-state index contributed by atoms with van der Waals surface area (Å²) in [6.45, 7) is 4.42. The van der Waals surface area contributed by atoms with Gasteiger partial charge in [0.25, 0.3) is 0 Å². The highest BCUT2D eigenvalue weighted by Gasteiger charge is 2.34. The van der Waals surface area contributed by atoms with E-state index < -0.39 is 18.1 Å². The minimum absolute atomic E-state index is 0.0137. The van der Waals surface area contributed by atoms with Gasteiger partial charge in [0.15, 0.2) is 0 Å². The molecule has 1 heterocycles. The predicted molar refractivity (Wildman–Crippen MR) is 57.7 cm³/mol. The molecule has 1 rings (SSSR count). The normalized spacial score (nSPS) is 27.3. The molecule has 1 fully saturated rings. The smallest absolute Gasteiger partial charge is 0.320 e. The van der Waals surface area contributed by atoms with Crippen molar-refractivity contribution in [1.29, 1.82) is 0 Å². The van der Waals surface area contributed by atoms with Gasteiger partial charge in [0.1, 0.15) is 6.04 Å². The van der Waals surface area contributed by atoms with E-state index >= 15 is 0 Å². The van der Waals surface area contributed by atoms with Gasteiger partial charge in [0, 0.05) is 6.04 Å². The first-order chi connectivity index (χ1) is 7.07. The lowest BCUT2D eigenvalue weighted by atomic mass is 9.95. The van der Waals surface area contributed by atoms with Crippen LogP contribution in [0.4, 0.5) is 0 Å². The number of aliphatic hydroxyl groups is 1. The number of aliphatic hydroxyl groups excluding tert-OH is 1. The van der Waals surface area contributed by atoms with Gasteiger partial charge in [-0.05, 0) is 32.7 Å². The zero-order valence-electron chi connectivity index (χ0n) is 9.52. The molecule has 1 saturated heterocycles. The number of piperidine rings is 1. The van der Waals surface area contributed by atoms with Gasteiger partial charge in [-0.3, -0.25) is 9.69 Å². The van der Waals surface area contributed by atoms with Crippen molar-refractivity contribution >= 4 is 5.97 Å². The molecule has 0 unspecified atom stereocenters. The molecule has 88 valence electrons. The summed E-state index contributed by atoms with van der Waals surface area (Å²) in [6.07, 6.45) is 3.17. The van der Waals surface area contributed by atoms with Gasteiger partial charge in [0.05, 0.1) is 6.10 Å². The zero-order valence-corrected chi connectivity index (χ0v) is 9.52. The van der Waals surface area contributed by atoms with Crippen molar-refractivity contribution in [2.45, 2.75) is 57.7 Å². The molecule has 0 aromatic heterocycles. The van der Waals surface area contributed by atoms with Gasteiger partial charge in [-0.1, -0.05) is 13.3 Å². The maximum Gasteiger partial charge on any atom is 0.320 e. The van der Waals surface area contributed by atoms with E-state index in [9.17, 15) is 9.90 Å². The molecule has 0 amide bonds. The Balaban J connectivity index is 2.73. The van der Waals surface area contributed by atoms with Crippen LogP contribution in [0.15, 0.2) is 0 Å². The number of hydrogen-bond donors (Lipinski definition) is 2. The van der Waals surface area contributed by atoms with Crippen molar-refractivity contribution in [3.05, 3.63) is 0 Å².